The number of carbonyl (C=O) groups excluding carboxylic acids is 4. The second kappa shape index (κ2) is 9.84. The highest BCUT2D eigenvalue weighted by atomic mass is 16.5. The van der Waals surface area contributed by atoms with Gasteiger partial charge in [-0.05, 0) is 17.7 Å². The van der Waals surface area contributed by atoms with E-state index in [1.165, 1.54) is 12.1 Å². The molecule has 3 rings (SSSR count). The van der Waals surface area contributed by atoms with Gasteiger partial charge in [0.05, 0.1) is 24.7 Å². The van der Waals surface area contributed by atoms with E-state index in [4.69, 9.17) is 4.74 Å². The number of nitrogens with zero attached hydrogens (tertiary/aromatic N) is 1. The van der Waals surface area contributed by atoms with Crippen molar-refractivity contribution in [1.82, 2.24) is 15.8 Å². The van der Waals surface area contributed by atoms with E-state index in [0.29, 0.717) is 5.01 Å². The van der Waals surface area contributed by atoms with Gasteiger partial charge in [-0.1, -0.05) is 42.5 Å². The van der Waals surface area contributed by atoms with Gasteiger partial charge in [0.15, 0.2) is 0 Å². The van der Waals surface area contributed by atoms with Crippen LogP contribution in [0.3, 0.4) is 0 Å². The van der Waals surface area contributed by atoms with E-state index in [2.05, 4.69) is 10.7 Å². The molecule has 0 bridgehead atoms. The molecule has 1 aliphatic heterocycles. The molecule has 0 saturated carbocycles. The summed E-state index contributed by atoms with van der Waals surface area (Å²) in [6.45, 7) is 0. The first-order valence-electron chi connectivity index (χ1n) is 9.69. The lowest BCUT2D eigenvalue weighted by molar-refractivity contribution is -0.146. The van der Waals surface area contributed by atoms with Gasteiger partial charge in [-0.15, -0.1) is 0 Å². The molecule has 0 aromatic heterocycles. The quantitative estimate of drug-likeness (QED) is 0.379. The van der Waals surface area contributed by atoms with Crippen LogP contribution in [0.1, 0.15) is 32.7 Å². The zero-order chi connectivity index (χ0) is 23.3. The summed E-state index contributed by atoms with van der Waals surface area (Å²) in [4.78, 5) is 61.5. The minimum Gasteiger partial charge on any atom is -0.481 e. The maximum Gasteiger partial charge on any atom is 0.328 e. The highest BCUT2D eigenvalue weighted by molar-refractivity contribution is 6.21. The topological polar surface area (TPSA) is 142 Å². The van der Waals surface area contributed by atoms with Gasteiger partial charge >= 0.3 is 11.9 Å². The predicted octanol–water partition coefficient (Wildman–Crippen LogP) is 0.531. The number of esters is 1. The van der Waals surface area contributed by atoms with E-state index in [1.807, 2.05) is 0 Å². The molecule has 1 heterocycles. The number of aliphatic carboxylic acids is 1. The molecular weight excluding hydrogens is 418 g/mol. The molecule has 0 unspecified atom stereocenters. The van der Waals surface area contributed by atoms with E-state index < -0.39 is 48.2 Å². The smallest absolute Gasteiger partial charge is 0.328 e. The Morgan fingerprint density at radius 3 is 2.03 bits per heavy atom. The molecule has 0 saturated heterocycles. The molecule has 3 amide bonds. The van der Waals surface area contributed by atoms with Gasteiger partial charge in [-0.25, -0.2) is 15.2 Å². The summed E-state index contributed by atoms with van der Waals surface area (Å²) in [5.74, 6) is -4.36. The number of benzene rings is 2. The highest BCUT2D eigenvalue weighted by Gasteiger charge is 2.39. The van der Waals surface area contributed by atoms with Crippen molar-refractivity contribution in [2.24, 2.45) is 0 Å². The van der Waals surface area contributed by atoms with Crippen molar-refractivity contribution in [3.63, 3.8) is 0 Å². The van der Waals surface area contributed by atoms with Crippen molar-refractivity contribution < 1.29 is 33.8 Å². The average Bonchev–Trinajstić information content (AvgIpc) is 3.03. The van der Waals surface area contributed by atoms with Crippen molar-refractivity contribution in [3.8, 4) is 0 Å². The number of hydrazine groups is 1. The van der Waals surface area contributed by atoms with Crippen LogP contribution in [0.25, 0.3) is 0 Å². The molecule has 10 heteroatoms. The first-order valence-corrected chi connectivity index (χ1v) is 9.69. The summed E-state index contributed by atoms with van der Waals surface area (Å²) in [6, 6.07) is 12.3. The second-order valence-electron chi connectivity index (χ2n) is 7.04. The van der Waals surface area contributed by atoms with Crippen LogP contribution in [0, 0.1) is 0 Å². The van der Waals surface area contributed by atoms with E-state index in [9.17, 15) is 29.1 Å². The molecule has 1 aliphatic rings. The summed E-state index contributed by atoms with van der Waals surface area (Å²) in [6.07, 6.45) is -0.634. The molecule has 2 aromatic carbocycles. The van der Waals surface area contributed by atoms with Crippen LogP contribution in [0.15, 0.2) is 54.6 Å². The SMILES string of the molecule is COC(=O)[C@H](Cc1ccccc1)NC(=O)[C@H](CC(=O)O)NN1C(=O)c2ccccc2C1=O. The van der Waals surface area contributed by atoms with Gasteiger partial charge in [0.1, 0.15) is 12.1 Å². The van der Waals surface area contributed by atoms with E-state index in [-0.39, 0.29) is 17.5 Å². The Morgan fingerprint density at radius 2 is 1.50 bits per heavy atom. The Bertz CT molecular complexity index is 1020. The second-order valence-corrected chi connectivity index (χ2v) is 7.04. The average molecular weight is 439 g/mol. The Balaban J connectivity index is 1.78. The van der Waals surface area contributed by atoms with Crippen LogP contribution in [0.4, 0.5) is 0 Å². The van der Waals surface area contributed by atoms with Crippen LogP contribution in [0.5, 0.6) is 0 Å². The Kier molecular flexibility index (Phi) is 6.96. The standard InChI is InChI=1S/C22H21N3O7/c1-32-22(31)17(11-13-7-3-2-4-8-13)23-19(28)16(12-18(26)27)24-25-20(29)14-9-5-6-10-15(14)21(25)30/h2-10,16-17,24H,11-12H2,1H3,(H,23,28)(H,26,27)/t16-,17-/m0/s1. The van der Waals surface area contributed by atoms with Gasteiger partial charge in [0, 0.05) is 6.42 Å². The highest BCUT2D eigenvalue weighted by Crippen LogP contribution is 2.21. The molecule has 10 nitrogen and oxygen atoms in total. The zero-order valence-electron chi connectivity index (χ0n) is 17.1. The lowest BCUT2D eigenvalue weighted by Crippen LogP contribution is -2.57. The van der Waals surface area contributed by atoms with Gasteiger partial charge in [-0.2, -0.15) is 0 Å². The summed E-state index contributed by atoms with van der Waals surface area (Å²) in [7, 11) is 1.16. The van der Waals surface area contributed by atoms with Gasteiger partial charge in [-0.3, -0.25) is 19.2 Å². The fourth-order valence-corrected chi connectivity index (χ4v) is 3.29. The number of ether oxygens (including phenoxy) is 1. The Morgan fingerprint density at radius 1 is 0.938 bits per heavy atom. The van der Waals surface area contributed by atoms with Gasteiger partial charge < -0.3 is 15.2 Å². The third-order valence-electron chi connectivity index (χ3n) is 4.86. The number of amides is 3. The van der Waals surface area contributed by atoms with Crippen LogP contribution in [0.2, 0.25) is 0 Å². The first kappa shape index (κ1) is 22.6. The predicted molar refractivity (Wildman–Crippen MR) is 110 cm³/mol. The fourth-order valence-electron chi connectivity index (χ4n) is 3.29. The third kappa shape index (κ3) is 4.98. The van der Waals surface area contributed by atoms with Crippen LogP contribution in [-0.2, 0) is 25.5 Å². The zero-order valence-corrected chi connectivity index (χ0v) is 17.1. The van der Waals surface area contributed by atoms with Gasteiger partial charge in [0.2, 0.25) is 5.91 Å². The van der Waals surface area contributed by atoms with Crippen molar-refractivity contribution in [2.45, 2.75) is 24.9 Å². The maximum atomic E-state index is 12.9. The first-order chi connectivity index (χ1) is 15.3. The molecule has 166 valence electrons. The number of imide groups is 1. The summed E-state index contributed by atoms with van der Waals surface area (Å²) >= 11 is 0. The molecule has 32 heavy (non-hydrogen) atoms. The molecule has 0 fully saturated rings. The normalized spacial score (nSPS) is 14.5. The number of methoxy groups -OCH3 is 1. The molecule has 3 N–H and O–H groups in total. The summed E-state index contributed by atoms with van der Waals surface area (Å²) < 4.78 is 4.75. The molecule has 2 aromatic rings. The maximum absolute atomic E-state index is 12.9. The number of hydrogen-bond acceptors (Lipinski definition) is 7. The molecular formula is C22H21N3O7. The lowest BCUT2D eigenvalue weighted by Gasteiger charge is -2.24. The lowest BCUT2D eigenvalue weighted by atomic mass is 10.1. The minimum absolute atomic E-state index is 0.103. The largest absolute Gasteiger partial charge is 0.481 e. The third-order valence-corrected chi connectivity index (χ3v) is 4.86. The number of rotatable bonds is 9. The molecule has 2 atom stereocenters. The number of fused-ring (bicyclic) bond motifs is 1. The summed E-state index contributed by atoms with van der Waals surface area (Å²) in [5, 5.41) is 12.3. The van der Waals surface area contributed by atoms with Crippen molar-refractivity contribution in [1.29, 1.82) is 0 Å². The van der Waals surface area contributed by atoms with Gasteiger partial charge in [0.25, 0.3) is 11.8 Å². The number of carboxylic acid groups (broad SMARTS) is 1. The fraction of sp³-hybridized carbons (Fsp3) is 0.227. The summed E-state index contributed by atoms with van der Waals surface area (Å²) in [5.41, 5.74) is 3.42. The Labute approximate surface area is 183 Å². The Hall–Kier alpha value is -4.05. The van der Waals surface area contributed by atoms with E-state index in [1.54, 1.807) is 42.5 Å². The number of carboxylic acids is 1. The molecule has 0 aliphatic carbocycles. The molecule has 0 spiro atoms. The van der Waals surface area contributed by atoms with Crippen molar-refractivity contribution in [2.75, 3.05) is 7.11 Å². The number of carbonyl (C=O) groups is 5. The van der Waals surface area contributed by atoms with E-state index in [0.717, 1.165) is 12.7 Å². The van der Waals surface area contributed by atoms with Crippen molar-refractivity contribution >= 4 is 29.7 Å². The van der Waals surface area contributed by atoms with Crippen molar-refractivity contribution in [3.05, 3.63) is 71.3 Å². The van der Waals surface area contributed by atoms with Crippen LogP contribution in [-0.4, -0.2) is 59.0 Å². The number of hydrogen-bond donors (Lipinski definition) is 3. The number of nitrogens with one attached hydrogen (secondary N) is 2. The van der Waals surface area contributed by atoms with Crippen LogP contribution < -0.4 is 10.7 Å². The van der Waals surface area contributed by atoms with E-state index >= 15 is 0 Å². The van der Waals surface area contributed by atoms with Crippen LogP contribution >= 0.6 is 0 Å². The molecule has 0 radical (unpaired) electrons. The minimum atomic E-state index is -1.50. The monoisotopic (exact) mass is 439 g/mol.